The van der Waals surface area contributed by atoms with Crippen LogP contribution in [-0.4, -0.2) is 12.9 Å². The molecule has 1 saturated carbocycles. The average Bonchev–Trinajstić information content (AvgIpc) is 2.38. The SMILES string of the molecule is COc1c(C)cc(C(=O)C2(C)CCCCC2)cc1C. The van der Waals surface area contributed by atoms with Gasteiger partial charge in [-0.25, -0.2) is 0 Å². The maximum absolute atomic E-state index is 12.8. The van der Waals surface area contributed by atoms with Crippen LogP contribution in [0, 0.1) is 19.3 Å². The zero-order valence-electron chi connectivity index (χ0n) is 12.5. The van der Waals surface area contributed by atoms with E-state index in [0.29, 0.717) is 5.78 Å². The number of hydrogen-bond donors (Lipinski definition) is 0. The maximum atomic E-state index is 12.8. The van der Waals surface area contributed by atoms with Crippen molar-refractivity contribution < 1.29 is 9.53 Å². The molecule has 2 nitrogen and oxygen atoms in total. The van der Waals surface area contributed by atoms with Gasteiger partial charge >= 0.3 is 0 Å². The first-order valence-corrected chi connectivity index (χ1v) is 7.18. The van der Waals surface area contributed by atoms with Gasteiger partial charge in [0.05, 0.1) is 7.11 Å². The molecule has 0 heterocycles. The minimum atomic E-state index is -0.161. The molecule has 2 heteroatoms. The van der Waals surface area contributed by atoms with Crippen LogP contribution in [0.25, 0.3) is 0 Å². The molecule has 0 N–H and O–H groups in total. The third-order valence-corrected chi connectivity index (χ3v) is 4.43. The predicted molar refractivity (Wildman–Crippen MR) is 78.0 cm³/mol. The largest absolute Gasteiger partial charge is 0.496 e. The van der Waals surface area contributed by atoms with Crippen LogP contribution in [0.15, 0.2) is 12.1 Å². The summed E-state index contributed by atoms with van der Waals surface area (Å²) in [5.74, 6) is 1.20. The van der Waals surface area contributed by atoms with Gasteiger partial charge in [0.2, 0.25) is 0 Å². The second kappa shape index (κ2) is 5.36. The van der Waals surface area contributed by atoms with Gasteiger partial charge in [0.25, 0.3) is 0 Å². The summed E-state index contributed by atoms with van der Waals surface area (Å²) in [6, 6.07) is 3.96. The number of methoxy groups -OCH3 is 1. The van der Waals surface area contributed by atoms with Gasteiger partial charge in [0.1, 0.15) is 5.75 Å². The molecule has 19 heavy (non-hydrogen) atoms. The fourth-order valence-electron chi connectivity index (χ4n) is 3.31. The Kier molecular flexibility index (Phi) is 3.98. The Balaban J connectivity index is 2.34. The van der Waals surface area contributed by atoms with E-state index in [-0.39, 0.29) is 5.41 Å². The molecule has 0 saturated heterocycles. The first-order chi connectivity index (χ1) is 8.98. The number of Topliss-reactive ketones (excluding diaryl/α,β-unsaturated/α-hetero) is 1. The summed E-state index contributed by atoms with van der Waals surface area (Å²) in [5.41, 5.74) is 2.78. The topological polar surface area (TPSA) is 26.3 Å². The van der Waals surface area contributed by atoms with Gasteiger partial charge in [-0.05, 0) is 49.9 Å². The van der Waals surface area contributed by atoms with Crippen LogP contribution in [0.5, 0.6) is 5.75 Å². The first kappa shape index (κ1) is 14.1. The molecule has 1 aliphatic rings. The van der Waals surface area contributed by atoms with E-state index in [0.717, 1.165) is 35.3 Å². The van der Waals surface area contributed by atoms with Crippen LogP contribution in [0.3, 0.4) is 0 Å². The van der Waals surface area contributed by atoms with Crippen molar-refractivity contribution in [1.29, 1.82) is 0 Å². The van der Waals surface area contributed by atoms with Crippen LogP contribution in [0.1, 0.15) is 60.5 Å². The minimum absolute atomic E-state index is 0.161. The van der Waals surface area contributed by atoms with Crippen molar-refractivity contribution in [2.45, 2.75) is 52.9 Å². The summed E-state index contributed by atoms with van der Waals surface area (Å²) in [4.78, 5) is 12.8. The Morgan fingerprint density at radius 2 is 1.63 bits per heavy atom. The molecular weight excluding hydrogens is 236 g/mol. The number of aryl methyl sites for hydroxylation is 2. The lowest BCUT2D eigenvalue weighted by atomic mass is 9.71. The summed E-state index contributed by atoms with van der Waals surface area (Å²) >= 11 is 0. The smallest absolute Gasteiger partial charge is 0.168 e. The van der Waals surface area contributed by atoms with Gasteiger partial charge < -0.3 is 4.74 Å². The van der Waals surface area contributed by atoms with Gasteiger partial charge in [-0.2, -0.15) is 0 Å². The van der Waals surface area contributed by atoms with E-state index in [9.17, 15) is 4.79 Å². The van der Waals surface area contributed by atoms with Crippen molar-refractivity contribution in [2.24, 2.45) is 5.41 Å². The van der Waals surface area contributed by atoms with E-state index in [1.54, 1.807) is 7.11 Å². The monoisotopic (exact) mass is 260 g/mol. The fourth-order valence-corrected chi connectivity index (χ4v) is 3.31. The highest BCUT2D eigenvalue weighted by molar-refractivity contribution is 6.00. The van der Waals surface area contributed by atoms with E-state index >= 15 is 0 Å². The highest BCUT2D eigenvalue weighted by Crippen LogP contribution is 2.39. The Morgan fingerprint density at radius 3 is 2.11 bits per heavy atom. The molecule has 0 amide bonds. The summed E-state index contributed by atoms with van der Waals surface area (Å²) in [5, 5.41) is 0. The number of benzene rings is 1. The fraction of sp³-hybridized carbons (Fsp3) is 0.588. The molecule has 1 aromatic rings. The van der Waals surface area contributed by atoms with Gasteiger partial charge in [-0.15, -0.1) is 0 Å². The van der Waals surface area contributed by atoms with Crippen molar-refractivity contribution in [3.05, 3.63) is 28.8 Å². The van der Waals surface area contributed by atoms with Crippen LogP contribution in [0.4, 0.5) is 0 Å². The summed E-state index contributed by atoms with van der Waals surface area (Å²) < 4.78 is 5.37. The molecule has 0 aliphatic heterocycles. The lowest BCUT2D eigenvalue weighted by Crippen LogP contribution is -2.30. The third-order valence-electron chi connectivity index (χ3n) is 4.43. The Morgan fingerprint density at radius 1 is 1.11 bits per heavy atom. The highest BCUT2D eigenvalue weighted by atomic mass is 16.5. The average molecular weight is 260 g/mol. The second-order valence-electron chi connectivity index (χ2n) is 6.09. The van der Waals surface area contributed by atoms with Gasteiger partial charge in [-0.3, -0.25) is 4.79 Å². The second-order valence-corrected chi connectivity index (χ2v) is 6.09. The standard InChI is InChI=1S/C17H24O2/c1-12-10-14(11-13(2)15(12)19-4)16(18)17(3)8-6-5-7-9-17/h10-11H,5-9H2,1-4H3. The molecule has 0 bridgehead atoms. The number of carbonyl (C=O) groups excluding carboxylic acids is 1. The van der Waals surface area contributed by atoms with Crippen LogP contribution >= 0.6 is 0 Å². The van der Waals surface area contributed by atoms with Crippen molar-refractivity contribution in [1.82, 2.24) is 0 Å². The molecule has 1 fully saturated rings. The number of ketones is 1. The quantitative estimate of drug-likeness (QED) is 0.750. The van der Waals surface area contributed by atoms with E-state index in [1.165, 1.54) is 19.3 Å². The van der Waals surface area contributed by atoms with E-state index in [4.69, 9.17) is 4.74 Å². The van der Waals surface area contributed by atoms with Gasteiger partial charge in [0.15, 0.2) is 5.78 Å². The van der Waals surface area contributed by atoms with E-state index < -0.39 is 0 Å². The summed E-state index contributed by atoms with van der Waals surface area (Å²) in [7, 11) is 1.68. The Labute approximate surface area is 116 Å². The van der Waals surface area contributed by atoms with E-state index in [2.05, 4.69) is 6.92 Å². The summed E-state index contributed by atoms with van der Waals surface area (Å²) in [6.07, 6.45) is 5.67. The van der Waals surface area contributed by atoms with Crippen LogP contribution in [0.2, 0.25) is 0 Å². The molecule has 0 spiro atoms. The molecule has 1 aliphatic carbocycles. The van der Waals surface area contributed by atoms with Crippen molar-refractivity contribution in [3.8, 4) is 5.75 Å². The van der Waals surface area contributed by atoms with Gasteiger partial charge in [0, 0.05) is 11.0 Å². The molecule has 0 radical (unpaired) electrons. The molecule has 0 aromatic heterocycles. The predicted octanol–water partition coefficient (Wildman–Crippen LogP) is 4.47. The highest BCUT2D eigenvalue weighted by Gasteiger charge is 2.35. The molecule has 0 unspecified atom stereocenters. The lowest BCUT2D eigenvalue weighted by Gasteiger charge is -2.32. The Bertz CT molecular complexity index is 459. The zero-order chi connectivity index (χ0) is 14.0. The number of carbonyl (C=O) groups is 1. The minimum Gasteiger partial charge on any atom is -0.496 e. The van der Waals surface area contributed by atoms with Crippen molar-refractivity contribution in [3.63, 3.8) is 0 Å². The third kappa shape index (κ3) is 2.68. The van der Waals surface area contributed by atoms with E-state index in [1.807, 2.05) is 26.0 Å². The van der Waals surface area contributed by atoms with Crippen molar-refractivity contribution in [2.75, 3.05) is 7.11 Å². The lowest BCUT2D eigenvalue weighted by molar-refractivity contribution is 0.0749. The van der Waals surface area contributed by atoms with Crippen molar-refractivity contribution >= 4 is 5.78 Å². The molecule has 104 valence electrons. The van der Waals surface area contributed by atoms with Gasteiger partial charge in [-0.1, -0.05) is 26.2 Å². The molecule has 2 rings (SSSR count). The Hall–Kier alpha value is -1.31. The number of ether oxygens (including phenoxy) is 1. The molecule has 0 atom stereocenters. The molecular formula is C17H24O2. The first-order valence-electron chi connectivity index (χ1n) is 7.18. The number of hydrogen-bond acceptors (Lipinski definition) is 2. The molecule has 1 aromatic carbocycles. The number of rotatable bonds is 3. The normalized spacial score (nSPS) is 18.1. The summed E-state index contributed by atoms with van der Waals surface area (Å²) in [6.45, 7) is 6.14. The maximum Gasteiger partial charge on any atom is 0.168 e. The van der Waals surface area contributed by atoms with Crippen LogP contribution in [-0.2, 0) is 0 Å². The van der Waals surface area contributed by atoms with Crippen LogP contribution < -0.4 is 4.74 Å². The zero-order valence-corrected chi connectivity index (χ0v) is 12.5.